The predicted octanol–water partition coefficient (Wildman–Crippen LogP) is 3.02. The molecule has 8 heteroatoms. The predicted molar refractivity (Wildman–Crippen MR) is 93.2 cm³/mol. The van der Waals surface area contributed by atoms with Crippen LogP contribution in [-0.2, 0) is 6.54 Å². The molecule has 0 saturated carbocycles. The van der Waals surface area contributed by atoms with Crippen LogP contribution in [0.4, 0.5) is 0 Å². The Bertz CT molecular complexity index is 836. The molecule has 3 aromatic heterocycles. The number of likely N-dealkylation sites (tertiary alicyclic amines) is 1. The van der Waals surface area contributed by atoms with E-state index in [4.69, 9.17) is 9.05 Å². The van der Waals surface area contributed by atoms with E-state index in [-0.39, 0.29) is 11.8 Å². The van der Waals surface area contributed by atoms with Gasteiger partial charge in [-0.3, -0.25) is 9.88 Å². The summed E-state index contributed by atoms with van der Waals surface area (Å²) in [7, 11) is 0. The van der Waals surface area contributed by atoms with Crippen molar-refractivity contribution in [1.29, 1.82) is 0 Å². The fraction of sp³-hybridized carbons (Fsp3) is 0.500. The molecule has 0 atom stereocenters. The van der Waals surface area contributed by atoms with Crippen LogP contribution in [0.3, 0.4) is 0 Å². The zero-order chi connectivity index (χ0) is 17.9. The summed E-state index contributed by atoms with van der Waals surface area (Å²) >= 11 is 0. The maximum atomic E-state index is 5.48. The summed E-state index contributed by atoms with van der Waals surface area (Å²) < 4.78 is 10.8. The van der Waals surface area contributed by atoms with Gasteiger partial charge < -0.3 is 9.05 Å². The fourth-order valence-corrected chi connectivity index (χ4v) is 3.10. The van der Waals surface area contributed by atoms with Gasteiger partial charge in [0.05, 0.1) is 6.54 Å². The van der Waals surface area contributed by atoms with E-state index >= 15 is 0 Å². The Morgan fingerprint density at radius 3 is 2.65 bits per heavy atom. The Balaban J connectivity index is 1.34. The Kier molecular flexibility index (Phi) is 4.75. The summed E-state index contributed by atoms with van der Waals surface area (Å²) in [5.74, 6) is 3.26. The third-order valence-corrected chi connectivity index (χ3v) is 4.63. The molecule has 0 aromatic carbocycles. The van der Waals surface area contributed by atoms with Gasteiger partial charge in [0, 0.05) is 18.0 Å². The number of hydrogen-bond acceptors (Lipinski definition) is 8. The van der Waals surface area contributed by atoms with E-state index in [2.05, 4.69) is 44.0 Å². The van der Waals surface area contributed by atoms with Crippen molar-refractivity contribution in [2.24, 2.45) is 0 Å². The van der Waals surface area contributed by atoms with Gasteiger partial charge in [-0.25, -0.2) is 0 Å². The van der Waals surface area contributed by atoms with Crippen LogP contribution in [0.2, 0.25) is 0 Å². The quantitative estimate of drug-likeness (QED) is 0.690. The Hall–Kier alpha value is -2.61. The molecule has 0 spiro atoms. The van der Waals surface area contributed by atoms with Crippen LogP contribution >= 0.6 is 0 Å². The molecule has 0 bridgehead atoms. The molecular formula is C18H22N6O2. The van der Waals surface area contributed by atoms with Crippen LogP contribution < -0.4 is 0 Å². The van der Waals surface area contributed by atoms with Crippen LogP contribution in [0, 0.1) is 0 Å². The molecule has 0 radical (unpaired) electrons. The minimum atomic E-state index is 0.282. The summed E-state index contributed by atoms with van der Waals surface area (Å²) in [5, 5.41) is 8.10. The highest BCUT2D eigenvalue weighted by molar-refractivity contribution is 5.47. The molecule has 4 rings (SSSR count). The minimum Gasteiger partial charge on any atom is -0.339 e. The minimum absolute atomic E-state index is 0.282. The average molecular weight is 354 g/mol. The van der Waals surface area contributed by atoms with Crippen LogP contribution in [0.1, 0.15) is 56.1 Å². The number of rotatable bonds is 5. The van der Waals surface area contributed by atoms with Gasteiger partial charge in [0.1, 0.15) is 5.69 Å². The Morgan fingerprint density at radius 1 is 1.12 bits per heavy atom. The lowest BCUT2D eigenvalue weighted by Gasteiger charge is -2.28. The topological polar surface area (TPSA) is 94.0 Å². The standard InChI is InChI=1S/C18H22N6O2/c1-12(2)16-20-15(25-22-16)11-24-9-6-13(7-10-24)18-21-17(23-26-18)14-5-3-4-8-19-14/h3-5,8,12-13H,6-7,9-11H2,1-2H3. The van der Waals surface area contributed by atoms with Crippen molar-refractivity contribution in [2.75, 3.05) is 13.1 Å². The highest BCUT2D eigenvalue weighted by atomic mass is 16.5. The van der Waals surface area contributed by atoms with Crippen molar-refractivity contribution < 1.29 is 9.05 Å². The molecule has 1 aliphatic heterocycles. The van der Waals surface area contributed by atoms with Crippen molar-refractivity contribution in [3.8, 4) is 11.5 Å². The van der Waals surface area contributed by atoms with E-state index in [9.17, 15) is 0 Å². The molecular weight excluding hydrogens is 332 g/mol. The molecule has 0 amide bonds. The number of piperidine rings is 1. The zero-order valence-electron chi connectivity index (χ0n) is 15.0. The molecule has 1 aliphatic rings. The molecule has 0 unspecified atom stereocenters. The fourth-order valence-electron chi connectivity index (χ4n) is 3.10. The summed E-state index contributed by atoms with van der Waals surface area (Å²) in [6.07, 6.45) is 3.66. The van der Waals surface area contributed by atoms with Crippen molar-refractivity contribution in [1.82, 2.24) is 30.2 Å². The zero-order valence-corrected chi connectivity index (χ0v) is 15.0. The van der Waals surface area contributed by atoms with Crippen molar-refractivity contribution in [2.45, 2.75) is 45.1 Å². The number of hydrogen-bond donors (Lipinski definition) is 0. The highest BCUT2D eigenvalue weighted by Gasteiger charge is 2.26. The first-order valence-electron chi connectivity index (χ1n) is 8.99. The number of pyridine rings is 1. The van der Waals surface area contributed by atoms with Crippen LogP contribution in [0.5, 0.6) is 0 Å². The Labute approximate surface area is 151 Å². The summed E-state index contributed by atoms with van der Waals surface area (Å²) in [5.41, 5.74) is 0.734. The van der Waals surface area contributed by atoms with Gasteiger partial charge in [0.2, 0.25) is 17.6 Å². The molecule has 26 heavy (non-hydrogen) atoms. The number of nitrogens with zero attached hydrogens (tertiary/aromatic N) is 6. The first kappa shape index (κ1) is 16.8. The van der Waals surface area contributed by atoms with E-state index in [1.54, 1.807) is 6.20 Å². The van der Waals surface area contributed by atoms with Crippen molar-refractivity contribution in [3.63, 3.8) is 0 Å². The first-order valence-corrected chi connectivity index (χ1v) is 8.99. The number of aromatic nitrogens is 5. The van der Waals surface area contributed by atoms with Gasteiger partial charge in [-0.15, -0.1) is 0 Å². The smallest absolute Gasteiger partial charge is 0.240 e. The SMILES string of the molecule is CC(C)c1noc(CN2CCC(c3nc(-c4ccccn4)no3)CC2)n1. The van der Waals surface area contributed by atoms with Gasteiger partial charge in [0.25, 0.3) is 0 Å². The Morgan fingerprint density at radius 2 is 1.96 bits per heavy atom. The average Bonchev–Trinajstić information content (AvgIpc) is 3.33. The molecule has 8 nitrogen and oxygen atoms in total. The van der Waals surface area contributed by atoms with Crippen molar-refractivity contribution >= 4 is 0 Å². The third kappa shape index (κ3) is 3.65. The molecule has 4 heterocycles. The lowest BCUT2D eigenvalue weighted by molar-refractivity contribution is 0.168. The maximum Gasteiger partial charge on any atom is 0.240 e. The second kappa shape index (κ2) is 7.33. The molecule has 1 fully saturated rings. The lowest BCUT2D eigenvalue weighted by atomic mass is 9.97. The van der Waals surface area contributed by atoms with Crippen molar-refractivity contribution in [3.05, 3.63) is 42.0 Å². The van der Waals surface area contributed by atoms with Gasteiger partial charge in [-0.1, -0.05) is 30.2 Å². The van der Waals surface area contributed by atoms with Crippen LogP contribution in [0.15, 0.2) is 33.4 Å². The normalized spacial score (nSPS) is 16.4. The molecule has 0 aliphatic carbocycles. The van der Waals surface area contributed by atoms with Gasteiger partial charge >= 0.3 is 0 Å². The van der Waals surface area contributed by atoms with E-state index in [0.29, 0.717) is 24.2 Å². The van der Waals surface area contributed by atoms with Crippen LogP contribution in [-0.4, -0.2) is 43.3 Å². The molecule has 0 N–H and O–H groups in total. The molecule has 1 saturated heterocycles. The van der Waals surface area contributed by atoms with Gasteiger partial charge in [-0.05, 0) is 38.1 Å². The monoisotopic (exact) mass is 354 g/mol. The van der Waals surface area contributed by atoms with Gasteiger partial charge in [-0.2, -0.15) is 9.97 Å². The molecule has 136 valence electrons. The first-order chi connectivity index (χ1) is 12.7. The van der Waals surface area contributed by atoms with E-state index in [1.807, 2.05) is 18.2 Å². The summed E-state index contributed by atoms with van der Waals surface area (Å²) in [6, 6.07) is 5.67. The summed E-state index contributed by atoms with van der Waals surface area (Å²) in [6.45, 7) is 6.68. The third-order valence-electron chi connectivity index (χ3n) is 4.63. The summed E-state index contributed by atoms with van der Waals surface area (Å²) in [4.78, 5) is 15.6. The highest BCUT2D eigenvalue weighted by Crippen LogP contribution is 2.28. The van der Waals surface area contributed by atoms with E-state index in [1.165, 1.54) is 0 Å². The van der Waals surface area contributed by atoms with E-state index < -0.39 is 0 Å². The molecule has 3 aromatic rings. The maximum absolute atomic E-state index is 5.48. The van der Waals surface area contributed by atoms with E-state index in [0.717, 1.165) is 37.4 Å². The lowest BCUT2D eigenvalue weighted by Crippen LogP contribution is -2.32. The second-order valence-electron chi connectivity index (χ2n) is 6.92. The second-order valence-corrected chi connectivity index (χ2v) is 6.92. The van der Waals surface area contributed by atoms with Crippen LogP contribution in [0.25, 0.3) is 11.5 Å². The van der Waals surface area contributed by atoms with Gasteiger partial charge in [0.15, 0.2) is 5.82 Å². The largest absolute Gasteiger partial charge is 0.339 e.